The second kappa shape index (κ2) is 2.26. The zero-order chi connectivity index (χ0) is 5.11. The molecular weight excluding hydrogens is 93.1 g/mol. The zero-order valence-corrected chi connectivity index (χ0v) is 4.41. The predicted molar refractivity (Wildman–Crippen MR) is 25.7 cm³/mol. The minimum Gasteiger partial charge on any atom is -0.140 e. The lowest BCUT2D eigenvalue weighted by molar-refractivity contribution is -1.04. The number of halogens is 1. The minimum absolute atomic E-state index is 0.214. The molecule has 42 valence electrons. The van der Waals surface area contributed by atoms with Crippen LogP contribution >= 0.6 is 0 Å². The van der Waals surface area contributed by atoms with Gasteiger partial charge in [0.25, 0.3) is 0 Å². The van der Waals surface area contributed by atoms with Crippen LogP contribution in [0.1, 0.15) is 19.3 Å². The van der Waals surface area contributed by atoms with Gasteiger partial charge in [0.2, 0.25) is 0 Å². The molecule has 2 heteroatoms. The molecule has 1 nitrogen and oxygen atoms in total. The quantitative estimate of drug-likeness (QED) is 0.411. The van der Waals surface area contributed by atoms with Crippen LogP contribution in [0.2, 0.25) is 0 Å². The normalized spacial score (nSPS) is 25.3. The lowest BCUT2D eigenvalue weighted by atomic mass is 10.2. The second-order valence-electron chi connectivity index (χ2n) is 2.08. The molecule has 1 N–H and O–H groups in total. The molecule has 7 heavy (non-hydrogen) atoms. The summed E-state index contributed by atoms with van der Waals surface area (Å²) in [7, 11) is 0. The molecule has 0 atom stereocenters. The second-order valence-corrected chi connectivity index (χ2v) is 2.08. The van der Waals surface area contributed by atoms with Crippen molar-refractivity contribution >= 4 is 0 Å². The van der Waals surface area contributed by atoms with Gasteiger partial charge in [-0.05, 0) is 23.7 Å². The first-order valence-electron chi connectivity index (χ1n) is 2.90. The topological polar surface area (TPSA) is 4.44 Å². The van der Waals surface area contributed by atoms with E-state index >= 15 is 0 Å². The first kappa shape index (κ1) is 5.04. The SMILES string of the molecule is F[NH+]1CCCCC1. The van der Waals surface area contributed by atoms with Crippen LogP contribution in [0, 0.1) is 0 Å². The maximum absolute atomic E-state index is 12.1. The summed E-state index contributed by atoms with van der Waals surface area (Å²) >= 11 is 0. The Morgan fingerprint density at radius 2 is 1.57 bits per heavy atom. The van der Waals surface area contributed by atoms with E-state index in [1.165, 1.54) is 6.42 Å². The summed E-state index contributed by atoms with van der Waals surface area (Å²) in [4.78, 5) is 0. The van der Waals surface area contributed by atoms with Crippen molar-refractivity contribution in [2.45, 2.75) is 19.3 Å². The average Bonchev–Trinajstić information content (AvgIpc) is 1.69. The molecule has 0 aromatic heterocycles. The first-order chi connectivity index (χ1) is 3.39. The predicted octanol–water partition coefficient (Wildman–Crippen LogP) is -0.0603. The maximum Gasteiger partial charge on any atom is 0.113 e. The van der Waals surface area contributed by atoms with E-state index < -0.39 is 0 Å². The van der Waals surface area contributed by atoms with Crippen molar-refractivity contribution in [3.8, 4) is 0 Å². The molecule has 0 spiro atoms. The van der Waals surface area contributed by atoms with Crippen molar-refractivity contribution < 1.29 is 9.60 Å². The van der Waals surface area contributed by atoms with E-state index in [0.29, 0.717) is 0 Å². The lowest BCUT2D eigenvalue weighted by Gasteiger charge is -2.11. The summed E-state index contributed by atoms with van der Waals surface area (Å²) < 4.78 is 12.1. The van der Waals surface area contributed by atoms with E-state index in [0.717, 1.165) is 25.9 Å². The fraction of sp³-hybridized carbons (Fsp3) is 1.00. The number of hydrogen-bond donors (Lipinski definition) is 1. The van der Waals surface area contributed by atoms with Gasteiger partial charge in [0.05, 0.1) is 0 Å². The van der Waals surface area contributed by atoms with Gasteiger partial charge in [0.15, 0.2) is 0 Å². The first-order valence-corrected chi connectivity index (χ1v) is 2.90. The van der Waals surface area contributed by atoms with Crippen molar-refractivity contribution in [1.29, 1.82) is 0 Å². The van der Waals surface area contributed by atoms with Crippen molar-refractivity contribution in [3.63, 3.8) is 0 Å². The van der Waals surface area contributed by atoms with Crippen molar-refractivity contribution in [2.75, 3.05) is 13.1 Å². The molecular formula is C5H11FN+. The summed E-state index contributed by atoms with van der Waals surface area (Å²) in [5, 5.41) is 0.214. The third kappa shape index (κ3) is 1.43. The number of hydrogen-bond acceptors (Lipinski definition) is 0. The third-order valence-electron chi connectivity index (χ3n) is 1.40. The van der Waals surface area contributed by atoms with Gasteiger partial charge in [-0.2, -0.15) is 0 Å². The molecule has 1 heterocycles. The standard InChI is InChI=1S/C5H10FN/c6-7-4-2-1-3-5-7/h1-5H2/p+1. The highest BCUT2D eigenvalue weighted by molar-refractivity contribution is 4.41. The highest BCUT2D eigenvalue weighted by atomic mass is 19.2. The van der Waals surface area contributed by atoms with E-state index in [9.17, 15) is 4.48 Å². The smallest absolute Gasteiger partial charge is 0.113 e. The number of nitrogens with one attached hydrogen (secondary N) is 1. The van der Waals surface area contributed by atoms with Crippen molar-refractivity contribution in [3.05, 3.63) is 0 Å². The molecule has 0 bridgehead atoms. The van der Waals surface area contributed by atoms with Gasteiger partial charge in [-0.15, -0.1) is 5.12 Å². The average molecular weight is 104 g/mol. The summed E-state index contributed by atoms with van der Waals surface area (Å²) in [6.07, 6.45) is 3.38. The number of piperidine rings is 1. The third-order valence-corrected chi connectivity index (χ3v) is 1.40. The fourth-order valence-corrected chi connectivity index (χ4v) is 0.935. The molecule has 1 aliphatic heterocycles. The molecule has 0 amide bonds. The van der Waals surface area contributed by atoms with Crippen LogP contribution in [0.4, 0.5) is 4.48 Å². The molecule has 1 aliphatic rings. The molecule has 1 rings (SSSR count). The van der Waals surface area contributed by atoms with E-state index in [-0.39, 0.29) is 5.12 Å². The Kier molecular flexibility index (Phi) is 1.63. The Morgan fingerprint density at radius 1 is 1.00 bits per heavy atom. The van der Waals surface area contributed by atoms with E-state index in [1.54, 1.807) is 0 Å². The molecule has 0 unspecified atom stereocenters. The Hall–Kier alpha value is -0.110. The van der Waals surface area contributed by atoms with Crippen LogP contribution in [0.3, 0.4) is 0 Å². The van der Waals surface area contributed by atoms with Crippen LogP contribution in [-0.4, -0.2) is 13.1 Å². The van der Waals surface area contributed by atoms with Gasteiger partial charge < -0.3 is 0 Å². The zero-order valence-electron chi connectivity index (χ0n) is 4.41. The molecule has 1 fully saturated rings. The highest BCUT2D eigenvalue weighted by Gasteiger charge is 2.10. The van der Waals surface area contributed by atoms with Crippen LogP contribution in [0.15, 0.2) is 0 Å². The summed E-state index contributed by atoms with van der Waals surface area (Å²) in [6.45, 7) is 1.47. The summed E-state index contributed by atoms with van der Waals surface area (Å²) in [6, 6.07) is 0. The van der Waals surface area contributed by atoms with Gasteiger partial charge in [-0.3, -0.25) is 0 Å². The van der Waals surface area contributed by atoms with Crippen molar-refractivity contribution in [2.24, 2.45) is 0 Å². The number of quaternary nitrogens is 1. The van der Waals surface area contributed by atoms with E-state index in [1.807, 2.05) is 0 Å². The molecule has 0 aliphatic carbocycles. The number of rotatable bonds is 0. The highest BCUT2D eigenvalue weighted by Crippen LogP contribution is 1.93. The molecule has 0 radical (unpaired) electrons. The fourth-order valence-electron chi connectivity index (χ4n) is 0.935. The summed E-state index contributed by atoms with van der Waals surface area (Å²) in [5.74, 6) is 0. The van der Waals surface area contributed by atoms with Gasteiger partial charge >= 0.3 is 0 Å². The van der Waals surface area contributed by atoms with Gasteiger partial charge in [0, 0.05) is 0 Å². The van der Waals surface area contributed by atoms with Gasteiger partial charge in [-0.1, -0.05) is 0 Å². The molecule has 0 aromatic carbocycles. The van der Waals surface area contributed by atoms with Crippen LogP contribution in [0.5, 0.6) is 0 Å². The van der Waals surface area contributed by atoms with Gasteiger partial charge in [-0.25, -0.2) is 0 Å². The van der Waals surface area contributed by atoms with Crippen LogP contribution in [0.25, 0.3) is 0 Å². The Labute approximate surface area is 43.1 Å². The van der Waals surface area contributed by atoms with Crippen molar-refractivity contribution in [1.82, 2.24) is 0 Å². The van der Waals surface area contributed by atoms with Crippen LogP contribution in [-0.2, 0) is 0 Å². The maximum atomic E-state index is 12.1. The monoisotopic (exact) mass is 104 g/mol. The van der Waals surface area contributed by atoms with E-state index in [4.69, 9.17) is 0 Å². The van der Waals surface area contributed by atoms with Gasteiger partial charge in [0.1, 0.15) is 13.1 Å². The van der Waals surface area contributed by atoms with E-state index in [2.05, 4.69) is 0 Å². The summed E-state index contributed by atoms with van der Waals surface area (Å²) in [5.41, 5.74) is 0. The Balaban J connectivity index is 2.12. The Bertz CT molecular complexity index is 50.0. The largest absolute Gasteiger partial charge is 0.140 e. The Morgan fingerprint density at radius 3 is 1.86 bits per heavy atom. The molecule has 1 saturated heterocycles. The minimum atomic E-state index is 0.214. The molecule has 0 aromatic rings. The van der Waals surface area contributed by atoms with Crippen LogP contribution < -0.4 is 5.12 Å². The lowest BCUT2D eigenvalue weighted by Crippen LogP contribution is -3.05. The molecule has 0 saturated carbocycles.